The molecule has 0 saturated carbocycles. The number of nitrogens with zero attached hydrogens (tertiary/aromatic N) is 2. The Morgan fingerprint density at radius 3 is 2.88 bits per heavy atom. The summed E-state index contributed by atoms with van der Waals surface area (Å²) in [5, 5.41) is 13.9. The molecule has 2 aromatic carbocycles. The summed E-state index contributed by atoms with van der Waals surface area (Å²) in [5.41, 5.74) is 0.834. The van der Waals surface area contributed by atoms with Crippen molar-refractivity contribution >= 4 is 38.3 Å². The highest BCUT2D eigenvalue weighted by molar-refractivity contribution is 7.22. The van der Waals surface area contributed by atoms with Crippen molar-refractivity contribution < 1.29 is 19.2 Å². The Kier molecular flexibility index (Phi) is 3.28. The Bertz CT molecular complexity index is 984. The van der Waals surface area contributed by atoms with Crippen LogP contribution in [0.25, 0.3) is 10.2 Å². The lowest BCUT2D eigenvalue weighted by molar-refractivity contribution is -0.384. The highest BCUT2D eigenvalue weighted by Gasteiger charge is 2.17. The van der Waals surface area contributed by atoms with Crippen molar-refractivity contribution in [2.45, 2.75) is 0 Å². The maximum Gasteiger partial charge on any atom is 0.271 e. The number of rotatable bonds is 3. The van der Waals surface area contributed by atoms with E-state index in [2.05, 4.69) is 10.3 Å². The number of hydrogen-bond donors (Lipinski definition) is 1. The quantitative estimate of drug-likeness (QED) is 0.578. The van der Waals surface area contributed by atoms with Gasteiger partial charge in [0.2, 0.25) is 6.79 Å². The third kappa shape index (κ3) is 2.50. The molecule has 0 spiro atoms. The molecule has 0 radical (unpaired) electrons. The number of carbonyl (C=O) groups is 1. The van der Waals surface area contributed by atoms with Gasteiger partial charge in [0, 0.05) is 17.7 Å². The van der Waals surface area contributed by atoms with Crippen molar-refractivity contribution in [2.24, 2.45) is 0 Å². The van der Waals surface area contributed by atoms with Crippen LogP contribution in [0.1, 0.15) is 10.4 Å². The van der Waals surface area contributed by atoms with Crippen LogP contribution in [0.4, 0.5) is 10.8 Å². The molecular weight excluding hydrogens is 334 g/mol. The second-order valence-corrected chi connectivity index (χ2v) is 5.98. The van der Waals surface area contributed by atoms with Gasteiger partial charge in [0.15, 0.2) is 16.6 Å². The maximum absolute atomic E-state index is 12.3. The Morgan fingerprint density at radius 2 is 2.04 bits per heavy atom. The number of fused-ring (bicyclic) bond motifs is 2. The molecule has 9 heteroatoms. The second-order valence-electron chi connectivity index (χ2n) is 4.95. The van der Waals surface area contributed by atoms with E-state index >= 15 is 0 Å². The SMILES string of the molecule is O=C(Nc1nc2cc([N+](=O)[O-])ccc2s1)c1ccc2c(c1)OCO2. The third-order valence-corrected chi connectivity index (χ3v) is 4.39. The van der Waals surface area contributed by atoms with Gasteiger partial charge in [-0.05, 0) is 24.3 Å². The third-order valence-electron chi connectivity index (χ3n) is 3.44. The molecule has 1 aromatic heterocycles. The van der Waals surface area contributed by atoms with E-state index in [0.29, 0.717) is 27.7 Å². The van der Waals surface area contributed by atoms with Gasteiger partial charge >= 0.3 is 0 Å². The minimum Gasteiger partial charge on any atom is -0.454 e. The smallest absolute Gasteiger partial charge is 0.271 e. The summed E-state index contributed by atoms with van der Waals surface area (Å²) in [6, 6.07) is 9.28. The monoisotopic (exact) mass is 343 g/mol. The summed E-state index contributed by atoms with van der Waals surface area (Å²) in [4.78, 5) is 26.9. The zero-order valence-electron chi connectivity index (χ0n) is 12.0. The lowest BCUT2D eigenvalue weighted by Gasteiger charge is -2.02. The van der Waals surface area contributed by atoms with Gasteiger partial charge in [-0.2, -0.15) is 0 Å². The first-order chi connectivity index (χ1) is 11.6. The van der Waals surface area contributed by atoms with Gasteiger partial charge in [0.05, 0.1) is 15.1 Å². The number of amides is 1. The molecule has 1 aliphatic rings. The number of hydrogen-bond acceptors (Lipinski definition) is 7. The van der Waals surface area contributed by atoms with Crippen molar-refractivity contribution in [3.8, 4) is 11.5 Å². The van der Waals surface area contributed by atoms with Gasteiger partial charge in [-0.15, -0.1) is 0 Å². The Labute approximate surface area is 138 Å². The molecule has 0 bridgehead atoms. The summed E-state index contributed by atoms with van der Waals surface area (Å²) in [6.45, 7) is 0.136. The fourth-order valence-electron chi connectivity index (χ4n) is 2.29. The van der Waals surface area contributed by atoms with Gasteiger partial charge in [-0.3, -0.25) is 20.2 Å². The van der Waals surface area contributed by atoms with Crippen molar-refractivity contribution in [1.82, 2.24) is 4.98 Å². The van der Waals surface area contributed by atoms with Crippen molar-refractivity contribution in [3.63, 3.8) is 0 Å². The van der Waals surface area contributed by atoms with E-state index in [4.69, 9.17) is 9.47 Å². The molecule has 2 heterocycles. The molecule has 24 heavy (non-hydrogen) atoms. The number of nitro groups is 1. The maximum atomic E-state index is 12.3. The minimum atomic E-state index is -0.482. The average Bonchev–Trinajstić information content (AvgIpc) is 3.18. The topological polar surface area (TPSA) is 104 Å². The van der Waals surface area contributed by atoms with E-state index in [0.717, 1.165) is 4.70 Å². The minimum absolute atomic E-state index is 0.0403. The van der Waals surface area contributed by atoms with Crippen LogP contribution in [0.2, 0.25) is 0 Å². The molecule has 1 N–H and O–H groups in total. The van der Waals surface area contributed by atoms with Crippen LogP contribution in [-0.2, 0) is 0 Å². The van der Waals surface area contributed by atoms with Crippen LogP contribution in [-0.4, -0.2) is 22.6 Å². The Balaban J connectivity index is 1.59. The summed E-state index contributed by atoms with van der Waals surface area (Å²) >= 11 is 1.24. The Morgan fingerprint density at radius 1 is 1.21 bits per heavy atom. The number of benzene rings is 2. The predicted octanol–water partition coefficient (Wildman–Crippen LogP) is 3.19. The van der Waals surface area contributed by atoms with Crippen LogP contribution in [0, 0.1) is 10.1 Å². The van der Waals surface area contributed by atoms with E-state index in [-0.39, 0.29) is 18.4 Å². The summed E-state index contributed by atoms with van der Waals surface area (Å²) in [6.07, 6.45) is 0. The molecule has 4 rings (SSSR count). The molecule has 0 saturated heterocycles. The van der Waals surface area contributed by atoms with Crippen LogP contribution in [0.3, 0.4) is 0 Å². The first-order valence-corrected chi connectivity index (χ1v) is 7.68. The first-order valence-electron chi connectivity index (χ1n) is 6.86. The average molecular weight is 343 g/mol. The summed E-state index contributed by atoms with van der Waals surface area (Å²) in [5.74, 6) is 0.767. The highest BCUT2D eigenvalue weighted by Crippen LogP contribution is 2.33. The number of non-ortho nitro benzene ring substituents is 1. The molecule has 3 aromatic rings. The number of carbonyl (C=O) groups excluding carboxylic acids is 1. The van der Waals surface area contributed by atoms with Crippen LogP contribution in [0.15, 0.2) is 36.4 Å². The van der Waals surface area contributed by atoms with E-state index < -0.39 is 4.92 Å². The van der Waals surface area contributed by atoms with Gasteiger partial charge in [0.1, 0.15) is 0 Å². The van der Waals surface area contributed by atoms with Crippen molar-refractivity contribution in [3.05, 3.63) is 52.1 Å². The predicted molar refractivity (Wildman–Crippen MR) is 86.8 cm³/mol. The number of aromatic nitrogens is 1. The van der Waals surface area contributed by atoms with Gasteiger partial charge in [0.25, 0.3) is 11.6 Å². The largest absolute Gasteiger partial charge is 0.454 e. The van der Waals surface area contributed by atoms with E-state index in [1.54, 1.807) is 24.3 Å². The summed E-state index contributed by atoms with van der Waals surface area (Å²) < 4.78 is 11.2. The zero-order chi connectivity index (χ0) is 16.7. The molecular formula is C15H9N3O5S. The lowest BCUT2D eigenvalue weighted by Crippen LogP contribution is -2.11. The molecule has 0 fully saturated rings. The standard InChI is InChI=1S/C15H9N3O5S/c19-14(8-1-3-11-12(5-8)23-7-22-11)17-15-16-10-6-9(18(20)21)2-4-13(10)24-15/h1-6H,7H2,(H,16,17,19). The molecule has 8 nitrogen and oxygen atoms in total. The van der Waals surface area contributed by atoms with Crippen molar-refractivity contribution in [2.75, 3.05) is 12.1 Å². The van der Waals surface area contributed by atoms with Crippen LogP contribution in [0.5, 0.6) is 11.5 Å². The Hall–Kier alpha value is -3.20. The molecule has 1 aliphatic heterocycles. The summed E-state index contributed by atoms with van der Waals surface area (Å²) in [7, 11) is 0. The van der Waals surface area contributed by atoms with Gasteiger partial charge < -0.3 is 9.47 Å². The second kappa shape index (κ2) is 5.46. The molecule has 1 amide bonds. The lowest BCUT2D eigenvalue weighted by atomic mass is 10.2. The highest BCUT2D eigenvalue weighted by atomic mass is 32.1. The number of thiazole rings is 1. The number of nitro benzene ring substituents is 1. The van der Waals surface area contributed by atoms with E-state index in [1.807, 2.05) is 0 Å². The molecule has 0 atom stereocenters. The molecule has 0 unspecified atom stereocenters. The van der Waals surface area contributed by atoms with E-state index in [1.165, 1.54) is 23.5 Å². The molecule has 0 aliphatic carbocycles. The number of anilines is 1. The first kappa shape index (κ1) is 14.4. The van der Waals surface area contributed by atoms with Crippen molar-refractivity contribution in [1.29, 1.82) is 0 Å². The normalized spacial score (nSPS) is 12.3. The number of nitrogens with one attached hydrogen (secondary N) is 1. The fraction of sp³-hybridized carbons (Fsp3) is 0.0667. The van der Waals surface area contributed by atoms with E-state index in [9.17, 15) is 14.9 Å². The zero-order valence-corrected chi connectivity index (χ0v) is 12.8. The van der Waals surface area contributed by atoms with Gasteiger partial charge in [-0.1, -0.05) is 11.3 Å². The van der Waals surface area contributed by atoms with Crippen LogP contribution < -0.4 is 14.8 Å². The number of ether oxygens (including phenoxy) is 2. The fourth-order valence-corrected chi connectivity index (χ4v) is 3.13. The van der Waals surface area contributed by atoms with Crippen LogP contribution >= 0.6 is 11.3 Å². The molecule has 120 valence electrons. The van der Waals surface area contributed by atoms with Gasteiger partial charge in [-0.25, -0.2) is 4.98 Å².